The van der Waals surface area contributed by atoms with Crippen molar-refractivity contribution in [2.75, 3.05) is 51.2 Å². The number of carbonyl (C=O) groups is 1. The standard InChI is InChI=1S/C17H27N3O2/c1-3-19-9-11-20(12-10-19)16-6-4-5-15(13-16)14-18(2)8-7-17(21)22/h4-6,13H,3,7-12,14H2,1-2H3,(H,21,22). The topological polar surface area (TPSA) is 47.0 Å². The van der Waals surface area contributed by atoms with Gasteiger partial charge in [-0.3, -0.25) is 4.79 Å². The van der Waals surface area contributed by atoms with Gasteiger partial charge >= 0.3 is 5.97 Å². The van der Waals surface area contributed by atoms with Gasteiger partial charge < -0.3 is 19.8 Å². The number of carboxylic acids is 1. The molecular formula is C17H27N3O2. The van der Waals surface area contributed by atoms with Crippen molar-refractivity contribution in [3.05, 3.63) is 29.8 Å². The number of hydrogen-bond donors (Lipinski definition) is 1. The zero-order valence-corrected chi connectivity index (χ0v) is 13.7. The molecule has 1 saturated heterocycles. The molecular weight excluding hydrogens is 278 g/mol. The zero-order valence-electron chi connectivity index (χ0n) is 13.7. The van der Waals surface area contributed by atoms with Gasteiger partial charge in [-0.2, -0.15) is 0 Å². The van der Waals surface area contributed by atoms with Gasteiger partial charge in [-0.1, -0.05) is 19.1 Å². The van der Waals surface area contributed by atoms with Crippen molar-refractivity contribution in [3.8, 4) is 0 Å². The van der Waals surface area contributed by atoms with Crippen molar-refractivity contribution in [2.24, 2.45) is 0 Å². The maximum absolute atomic E-state index is 10.6. The molecule has 0 radical (unpaired) electrons. The SMILES string of the molecule is CCN1CCN(c2cccc(CN(C)CCC(=O)O)c2)CC1. The Morgan fingerprint density at radius 2 is 2.00 bits per heavy atom. The van der Waals surface area contributed by atoms with Crippen LogP contribution in [-0.2, 0) is 11.3 Å². The number of nitrogens with zero attached hydrogens (tertiary/aromatic N) is 3. The van der Waals surface area contributed by atoms with E-state index < -0.39 is 5.97 Å². The van der Waals surface area contributed by atoms with E-state index in [1.54, 1.807) is 0 Å². The number of aliphatic carboxylic acids is 1. The Labute approximate surface area is 133 Å². The van der Waals surface area contributed by atoms with Crippen LogP contribution >= 0.6 is 0 Å². The fraction of sp³-hybridized carbons (Fsp3) is 0.588. The second-order valence-electron chi connectivity index (χ2n) is 5.97. The molecule has 0 atom stereocenters. The molecule has 0 unspecified atom stereocenters. The lowest BCUT2D eigenvalue weighted by atomic mass is 10.1. The number of piperazine rings is 1. The molecule has 1 aromatic carbocycles. The van der Waals surface area contributed by atoms with E-state index in [-0.39, 0.29) is 6.42 Å². The number of hydrogen-bond acceptors (Lipinski definition) is 4. The second kappa shape index (κ2) is 8.15. The first-order chi connectivity index (χ1) is 10.6. The first-order valence-electron chi connectivity index (χ1n) is 8.05. The first kappa shape index (κ1) is 16.8. The van der Waals surface area contributed by atoms with Crippen LogP contribution in [0.1, 0.15) is 18.9 Å². The summed E-state index contributed by atoms with van der Waals surface area (Å²) < 4.78 is 0. The average Bonchev–Trinajstić information content (AvgIpc) is 2.53. The summed E-state index contributed by atoms with van der Waals surface area (Å²) in [5, 5.41) is 8.75. The Balaban J connectivity index is 1.91. The van der Waals surface area contributed by atoms with Gasteiger partial charge in [0.15, 0.2) is 0 Å². The van der Waals surface area contributed by atoms with Crippen LogP contribution in [0.2, 0.25) is 0 Å². The van der Waals surface area contributed by atoms with Crippen molar-refractivity contribution >= 4 is 11.7 Å². The Kier molecular flexibility index (Phi) is 6.21. The van der Waals surface area contributed by atoms with Gasteiger partial charge in [0.1, 0.15) is 0 Å². The van der Waals surface area contributed by atoms with Gasteiger partial charge in [0.25, 0.3) is 0 Å². The summed E-state index contributed by atoms with van der Waals surface area (Å²) in [5.74, 6) is -0.741. The molecule has 1 aromatic rings. The molecule has 1 fully saturated rings. The number of benzene rings is 1. The van der Waals surface area contributed by atoms with Crippen LogP contribution in [0.25, 0.3) is 0 Å². The normalized spacial score (nSPS) is 16.2. The number of likely N-dealkylation sites (N-methyl/N-ethyl adjacent to an activating group) is 1. The van der Waals surface area contributed by atoms with E-state index in [0.717, 1.165) is 39.3 Å². The molecule has 1 aliphatic heterocycles. The minimum Gasteiger partial charge on any atom is -0.481 e. The largest absolute Gasteiger partial charge is 0.481 e. The van der Waals surface area contributed by atoms with Crippen molar-refractivity contribution in [2.45, 2.75) is 19.9 Å². The van der Waals surface area contributed by atoms with Crippen molar-refractivity contribution in [3.63, 3.8) is 0 Å². The Morgan fingerprint density at radius 3 is 2.64 bits per heavy atom. The van der Waals surface area contributed by atoms with Crippen LogP contribution in [0.3, 0.4) is 0 Å². The van der Waals surface area contributed by atoms with Gasteiger partial charge in [0, 0.05) is 45.0 Å². The highest BCUT2D eigenvalue weighted by Gasteiger charge is 2.16. The van der Waals surface area contributed by atoms with E-state index in [4.69, 9.17) is 5.11 Å². The summed E-state index contributed by atoms with van der Waals surface area (Å²) in [7, 11) is 1.97. The highest BCUT2D eigenvalue weighted by atomic mass is 16.4. The summed E-state index contributed by atoms with van der Waals surface area (Å²) in [6.07, 6.45) is 0.190. The third-order valence-electron chi connectivity index (χ3n) is 4.26. The molecule has 1 aliphatic rings. The molecule has 0 bridgehead atoms. The molecule has 0 aromatic heterocycles. The van der Waals surface area contributed by atoms with E-state index in [1.807, 2.05) is 7.05 Å². The van der Waals surface area contributed by atoms with Gasteiger partial charge in [-0.15, -0.1) is 0 Å². The molecule has 0 spiro atoms. The number of rotatable bonds is 7. The van der Waals surface area contributed by atoms with Crippen molar-refractivity contribution in [1.82, 2.24) is 9.80 Å². The molecule has 5 heteroatoms. The lowest BCUT2D eigenvalue weighted by Crippen LogP contribution is -2.46. The summed E-state index contributed by atoms with van der Waals surface area (Å²) in [6.45, 7) is 9.10. The third kappa shape index (κ3) is 5.00. The molecule has 1 heterocycles. The summed E-state index contributed by atoms with van der Waals surface area (Å²) in [4.78, 5) is 17.6. The highest BCUT2D eigenvalue weighted by Crippen LogP contribution is 2.19. The molecule has 0 saturated carbocycles. The zero-order chi connectivity index (χ0) is 15.9. The lowest BCUT2D eigenvalue weighted by Gasteiger charge is -2.35. The quantitative estimate of drug-likeness (QED) is 0.831. The third-order valence-corrected chi connectivity index (χ3v) is 4.26. The van der Waals surface area contributed by atoms with E-state index in [0.29, 0.717) is 6.54 Å². The predicted octanol–water partition coefficient (Wildman–Crippen LogP) is 1.73. The van der Waals surface area contributed by atoms with E-state index in [9.17, 15) is 4.79 Å². The fourth-order valence-electron chi connectivity index (χ4n) is 2.85. The lowest BCUT2D eigenvalue weighted by molar-refractivity contribution is -0.137. The average molecular weight is 305 g/mol. The van der Waals surface area contributed by atoms with Gasteiger partial charge in [-0.25, -0.2) is 0 Å². The second-order valence-corrected chi connectivity index (χ2v) is 5.97. The predicted molar refractivity (Wildman–Crippen MR) is 89.4 cm³/mol. The maximum Gasteiger partial charge on any atom is 0.304 e. The molecule has 1 N–H and O–H groups in total. The minimum absolute atomic E-state index is 0.190. The number of anilines is 1. The van der Waals surface area contributed by atoms with Crippen LogP contribution < -0.4 is 4.90 Å². The maximum atomic E-state index is 10.6. The van der Waals surface area contributed by atoms with Gasteiger partial charge in [0.2, 0.25) is 0 Å². The van der Waals surface area contributed by atoms with E-state index in [2.05, 4.69) is 45.9 Å². The van der Waals surface area contributed by atoms with E-state index >= 15 is 0 Å². The molecule has 2 rings (SSSR count). The highest BCUT2D eigenvalue weighted by molar-refractivity contribution is 5.66. The molecule has 0 aliphatic carbocycles. The van der Waals surface area contributed by atoms with Gasteiger partial charge in [-0.05, 0) is 31.3 Å². The van der Waals surface area contributed by atoms with Crippen LogP contribution in [-0.4, -0.2) is 67.2 Å². The summed E-state index contributed by atoms with van der Waals surface area (Å²) in [5.41, 5.74) is 2.52. The van der Waals surface area contributed by atoms with Crippen LogP contribution in [0.15, 0.2) is 24.3 Å². The Bertz CT molecular complexity index is 485. The molecule has 5 nitrogen and oxygen atoms in total. The summed E-state index contributed by atoms with van der Waals surface area (Å²) in [6, 6.07) is 8.62. The van der Waals surface area contributed by atoms with Crippen LogP contribution in [0.4, 0.5) is 5.69 Å². The van der Waals surface area contributed by atoms with Crippen molar-refractivity contribution < 1.29 is 9.90 Å². The molecule has 0 amide bonds. The monoisotopic (exact) mass is 305 g/mol. The van der Waals surface area contributed by atoms with Gasteiger partial charge in [0.05, 0.1) is 6.42 Å². The number of carboxylic acid groups (broad SMARTS) is 1. The summed E-state index contributed by atoms with van der Waals surface area (Å²) >= 11 is 0. The molecule has 122 valence electrons. The minimum atomic E-state index is -0.741. The van der Waals surface area contributed by atoms with Crippen LogP contribution in [0.5, 0.6) is 0 Å². The van der Waals surface area contributed by atoms with Crippen LogP contribution in [0, 0.1) is 0 Å². The Morgan fingerprint density at radius 1 is 1.27 bits per heavy atom. The van der Waals surface area contributed by atoms with Crippen molar-refractivity contribution in [1.29, 1.82) is 0 Å². The Hall–Kier alpha value is -1.59. The van der Waals surface area contributed by atoms with E-state index in [1.165, 1.54) is 11.3 Å². The fourth-order valence-corrected chi connectivity index (χ4v) is 2.85. The smallest absolute Gasteiger partial charge is 0.304 e. The first-order valence-corrected chi connectivity index (χ1v) is 8.05. The molecule has 22 heavy (non-hydrogen) atoms.